The maximum Gasteiger partial charge on any atom is 0.165 e. The van der Waals surface area contributed by atoms with Crippen LogP contribution in [0.5, 0.6) is 0 Å². The van der Waals surface area contributed by atoms with Gasteiger partial charge in [-0.1, -0.05) is 24.3 Å². The highest BCUT2D eigenvalue weighted by Gasteiger charge is 2.42. The van der Waals surface area contributed by atoms with E-state index in [2.05, 4.69) is 24.3 Å². The van der Waals surface area contributed by atoms with Gasteiger partial charge >= 0.3 is 0 Å². The lowest BCUT2D eigenvalue weighted by atomic mass is 9.78. The maximum absolute atomic E-state index is 12.9. The van der Waals surface area contributed by atoms with Crippen molar-refractivity contribution in [3.63, 3.8) is 0 Å². The minimum atomic E-state index is -0.457. The summed E-state index contributed by atoms with van der Waals surface area (Å²) in [7, 11) is 0. The van der Waals surface area contributed by atoms with E-state index in [0.717, 1.165) is 38.5 Å². The standard InChI is InChI=1S/C19H26O2/c1-2-21-19(12-5-6-13-19)18(20)14-16-10-7-9-15-8-3-4-11-17(15)16/h3-4,8,11,16H,2,5-7,9-10,12-14H2,1H3. The number of carbonyl (C=O) groups is 1. The fraction of sp³-hybridized carbons (Fsp3) is 0.632. The van der Waals surface area contributed by atoms with Gasteiger partial charge in [-0.25, -0.2) is 0 Å². The third-order valence-corrected chi connectivity index (χ3v) is 5.27. The van der Waals surface area contributed by atoms with Crippen molar-refractivity contribution in [2.75, 3.05) is 6.61 Å². The van der Waals surface area contributed by atoms with Crippen molar-refractivity contribution in [3.05, 3.63) is 35.4 Å². The number of ether oxygens (including phenoxy) is 1. The summed E-state index contributed by atoms with van der Waals surface area (Å²) in [6.45, 7) is 2.65. The number of carbonyl (C=O) groups excluding carboxylic acids is 1. The molecule has 1 aromatic rings. The van der Waals surface area contributed by atoms with Crippen LogP contribution in [0.2, 0.25) is 0 Å². The smallest absolute Gasteiger partial charge is 0.165 e. The van der Waals surface area contributed by atoms with Crippen molar-refractivity contribution in [1.82, 2.24) is 0 Å². The van der Waals surface area contributed by atoms with Gasteiger partial charge in [-0.05, 0) is 68.9 Å². The largest absolute Gasteiger partial charge is 0.368 e. The van der Waals surface area contributed by atoms with Gasteiger partial charge in [0.15, 0.2) is 5.78 Å². The highest BCUT2D eigenvalue weighted by molar-refractivity contribution is 5.88. The van der Waals surface area contributed by atoms with Crippen LogP contribution in [0.25, 0.3) is 0 Å². The average Bonchev–Trinajstić information content (AvgIpc) is 2.98. The van der Waals surface area contributed by atoms with Crippen LogP contribution in [0, 0.1) is 0 Å². The number of benzene rings is 1. The molecule has 2 aliphatic rings. The van der Waals surface area contributed by atoms with E-state index in [9.17, 15) is 4.79 Å². The Balaban J connectivity index is 1.76. The van der Waals surface area contributed by atoms with Crippen LogP contribution in [-0.4, -0.2) is 18.0 Å². The molecule has 0 saturated heterocycles. The number of ketones is 1. The molecule has 114 valence electrons. The van der Waals surface area contributed by atoms with Crippen molar-refractivity contribution < 1.29 is 9.53 Å². The summed E-state index contributed by atoms with van der Waals surface area (Å²) in [5.41, 5.74) is 2.39. The van der Waals surface area contributed by atoms with Gasteiger partial charge in [-0.3, -0.25) is 4.79 Å². The predicted octanol–water partition coefficient (Wildman–Crippen LogP) is 4.42. The number of hydrogen-bond donors (Lipinski definition) is 0. The van der Waals surface area contributed by atoms with Crippen LogP contribution in [0.1, 0.15) is 68.9 Å². The molecule has 1 unspecified atom stereocenters. The summed E-state index contributed by atoms with van der Waals surface area (Å²) >= 11 is 0. The Morgan fingerprint density at radius 1 is 1.24 bits per heavy atom. The lowest BCUT2D eigenvalue weighted by Crippen LogP contribution is -2.39. The van der Waals surface area contributed by atoms with E-state index < -0.39 is 5.60 Å². The van der Waals surface area contributed by atoms with Gasteiger partial charge in [-0.15, -0.1) is 0 Å². The van der Waals surface area contributed by atoms with Crippen molar-refractivity contribution in [2.45, 2.75) is 69.8 Å². The first-order valence-corrected chi connectivity index (χ1v) is 8.50. The molecule has 0 heterocycles. The van der Waals surface area contributed by atoms with E-state index >= 15 is 0 Å². The minimum absolute atomic E-state index is 0.351. The molecule has 0 aromatic heterocycles. The van der Waals surface area contributed by atoms with Crippen LogP contribution in [-0.2, 0) is 16.0 Å². The van der Waals surface area contributed by atoms with E-state index in [1.165, 1.54) is 17.5 Å². The van der Waals surface area contributed by atoms with Crippen LogP contribution >= 0.6 is 0 Å². The van der Waals surface area contributed by atoms with E-state index in [1.807, 2.05) is 6.92 Å². The van der Waals surface area contributed by atoms with Gasteiger partial charge in [0.2, 0.25) is 0 Å². The predicted molar refractivity (Wildman–Crippen MR) is 84.6 cm³/mol. The van der Waals surface area contributed by atoms with Gasteiger partial charge in [0.25, 0.3) is 0 Å². The number of aryl methyl sites for hydroxylation is 1. The number of rotatable bonds is 5. The topological polar surface area (TPSA) is 26.3 Å². The molecule has 1 atom stereocenters. The second-order valence-corrected chi connectivity index (χ2v) is 6.55. The van der Waals surface area contributed by atoms with E-state index in [-0.39, 0.29) is 0 Å². The average molecular weight is 286 g/mol. The summed E-state index contributed by atoms with van der Waals surface area (Å²) in [6.07, 6.45) is 8.29. The summed E-state index contributed by atoms with van der Waals surface area (Å²) in [5.74, 6) is 0.754. The lowest BCUT2D eigenvalue weighted by molar-refractivity contribution is -0.144. The molecule has 2 nitrogen and oxygen atoms in total. The zero-order valence-electron chi connectivity index (χ0n) is 13.1. The molecule has 0 bridgehead atoms. The first kappa shape index (κ1) is 14.8. The molecule has 0 spiro atoms. The first-order chi connectivity index (χ1) is 10.2. The van der Waals surface area contributed by atoms with Crippen LogP contribution in [0.15, 0.2) is 24.3 Å². The summed E-state index contributed by atoms with van der Waals surface area (Å²) in [5, 5.41) is 0. The Bertz CT molecular complexity index is 500. The van der Waals surface area contributed by atoms with Gasteiger partial charge < -0.3 is 4.74 Å². The molecule has 0 aliphatic heterocycles. The fourth-order valence-electron chi connectivity index (χ4n) is 4.20. The Labute approximate surface area is 127 Å². The number of Topliss-reactive ketones (excluding diaryl/α,β-unsaturated/α-hetero) is 1. The summed E-state index contributed by atoms with van der Waals surface area (Å²) < 4.78 is 5.93. The second kappa shape index (κ2) is 6.31. The zero-order chi connectivity index (χ0) is 14.7. The van der Waals surface area contributed by atoms with Gasteiger partial charge in [0.05, 0.1) is 0 Å². The summed E-state index contributed by atoms with van der Waals surface area (Å²) in [6, 6.07) is 8.66. The molecule has 0 radical (unpaired) electrons. The molecule has 21 heavy (non-hydrogen) atoms. The highest BCUT2D eigenvalue weighted by Crippen LogP contribution is 2.40. The molecule has 2 aliphatic carbocycles. The van der Waals surface area contributed by atoms with E-state index in [1.54, 1.807) is 0 Å². The normalized spacial score (nSPS) is 23.8. The van der Waals surface area contributed by atoms with Crippen molar-refractivity contribution in [1.29, 1.82) is 0 Å². The third-order valence-electron chi connectivity index (χ3n) is 5.27. The molecule has 0 amide bonds. The van der Waals surface area contributed by atoms with E-state index in [4.69, 9.17) is 4.74 Å². The molecule has 2 heteroatoms. The molecule has 1 saturated carbocycles. The summed E-state index contributed by atoms with van der Waals surface area (Å²) in [4.78, 5) is 12.9. The zero-order valence-corrected chi connectivity index (χ0v) is 13.1. The van der Waals surface area contributed by atoms with Gasteiger partial charge in [-0.2, -0.15) is 0 Å². The molecule has 1 fully saturated rings. The van der Waals surface area contributed by atoms with E-state index in [0.29, 0.717) is 24.7 Å². The number of hydrogen-bond acceptors (Lipinski definition) is 2. The van der Waals surface area contributed by atoms with Crippen molar-refractivity contribution in [3.8, 4) is 0 Å². The van der Waals surface area contributed by atoms with Gasteiger partial charge in [0.1, 0.15) is 5.60 Å². The third kappa shape index (κ3) is 2.91. The quantitative estimate of drug-likeness (QED) is 0.801. The fourth-order valence-corrected chi connectivity index (χ4v) is 4.20. The van der Waals surface area contributed by atoms with Crippen LogP contribution in [0.3, 0.4) is 0 Å². The van der Waals surface area contributed by atoms with Crippen LogP contribution in [0.4, 0.5) is 0 Å². The monoisotopic (exact) mass is 286 g/mol. The Hall–Kier alpha value is -1.15. The minimum Gasteiger partial charge on any atom is -0.368 e. The molecule has 1 aromatic carbocycles. The SMILES string of the molecule is CCOC1(C(=O)CC2CCCc3ccccc32)CCCC1. The molecule has 3 rings (SSSR count). The molecular formula is C19H26O2. The lowest BCUT2D eigenvalue weighted by Gasteiger charge is -2.31. The molecule has 0 N–H and O–H groups in total. The van der Waals surface area contributed by atoms with Crippen molar-refractivity contribution in [2.24, 2.45) is 0 Å². The Morgan fingerprint density at radius 2 is 2.00 bits per heavy atom. The second-order valence-electron chi connectivity index (χ2n) is 6.55. The molecular weight excluding hydrogens is 260 g/mol. The Kier molecular flexibility index (Phi) is 4.44. The van der Waals surface area contributed by atoms with Crippen molar-refractivity contribution >= 4 is 5.78 Å². The Morgan fingerprint density at radius 3 is 2.76 bits per heavy atom. The maximum atomic E-state index is 12.9. The first-order valence-electron chi connectivity index (χ1n) is 8.50. The van der Waals surface area contributed by atoms with Crippen LogP contribution < -0.4 is 0 Å². The number of fused-ring (bicyclic) bond motifs is 1. The highest BCUT2D eigenvalue weighted by atomic mass is 16.5. The van der Waals surface area contributed by atoms with Gasteiger partial charge in [0, 0.05) is 13.0 Å².